The fourth-order valence-electron chi connectivity index (χ4n) is 1.22. The third-order valence-electron chi connectivity index (χ3n) is 2.04. The van der Waals surface area contributed by atoms with Crippen LogP contribution in [0.4, 0.5) is 0 Å². The first kappa shape index (κ1) is 13.3. The Morgan fingerprint density at radius 2 is 2.12 bits per heavy atom. The second kappa shape index (κ2) is 5.52. The van der Waals surface area contributed by atoms with Crippen molar-refractivity contribution in [3.05, 3.63) is 28.8 Å². The fourth-order valence-corrected chi connectivity index (χ4v) is 2.68. The van der Waals surface area contributed by atoms with Gasteiger partial charge < -0.3 is 9.84 Å². The molecule has 0 radical (unpaired) electrons. The minimum absolute atomic E-state index is 0.170. The van der Waals surface area contributed by atoms with E-state index in [1.165, 1.54) is 7.11 Å². The van der Waals surface area contributed by atoms with E-state index in [9.17, 15) is 8.42 Å². The molecule has 0 aliphatic rings. The van der Waals surface area contributed by atoms with Crippen LogP contribution in [0.15, 0.2) is 18.2 Å². The normalized spacial score (nSPS) is 11.4. The molecule has 0 aromatic heterocycles. The average molecular weight is 265 g/mol. The maximum Gasteiger partial charge on any atom is 0.156 e. The Labute approximate surface area is 99.7 Å². The van der Waals surface area contributed by atoms with Crippen LogP contribution in [0.3, 0.4) is 0 Å². The van der Waals surface area contributed by atoms with Crippen molar-refractivity contribution < 1.29 is 18.3 Å². The molecule has 0 heterocycles. The van der Waals surface area contributed by atoms with Crippen molar-refractivity contribution >= 4 is 21.4 Å². The van der Waals surface area contributed by atoms with Gasteiger partial charge in [-0.25, -0.2) is 8.42 Å². The molecule has 0 spiro atoms. The van der Waals surface area contributed by atoms with Gasteiger partial charge in [0.1, 0.15) is 5.75 Å². The molecule has 90 valence electrons. The van der Waals surface area contributed by atoms with Crippen LogP contribution in [0.1, 0.15) is 5.56 Å². The fraction of sp³-hybridized carbons (Fsp3) is 0.400. The standard InChI is InChI=1S/C10H13ClO4S/c1-15-9-3-2-8(10(11)6-9)7-16(13,14)5-4-12/h2-3,6,12H,4-5,7H2,1H3. The molecule has 0 aliphatic heterocycles. The lowest BCUT2D eigenvalue weighted by atomic mass is 10.2. The molecule has 4 nitrogen and oxygen atoms in total. The maximum absolute atomic E-state index is 11.5. The molecule has 16 heavy (non-hydrogen) atoms. The van der Waals surface area contributed by atoms with Crippen LogP contribution in [0.25, 0.3) is 0 Å². The van der Waals surface area contributed by atoms with Crippen molar-refractivity contribution in [1.82, 2.24) is 0 Å². The number of hydrogen-bond acceptors (Lipinski definition) is 4. The first-order valence-electron chi connectivity index (χ1n) is 4.62. The summed E-state index contributed by atoms with van der Waals surface area (Å²) in [6, 6.07) is 4.82. The van der Waals surface area contributed by atoms with Gasteiger partial charge in [-0.15, -0.1) is 0 Å². The second-order valence-corrected chi connectivity index (χ2v) is 5.86. The van der Waals surface area contributed by atoms with E-state index in [2.05, 4.69) is 0 Å². The van der Waals surface area contributed by atoms with E-state index in [1.807, 2.05) is 0 Å². The number of aliphatic hydroxyl groups is 1. The molecule has 0 unspecified atom stereocenters. The van der Waals surface area contributed by atoms with Gasteiger partial charge in [0.05, 0.1) is 25.2 Å². The molecule has 1 aromatic carbocycles. The largest absolute Gasteiger partial charge is 0.497 e. The van der Waals surface area contributed by atoms with Crippen LogP contribution in [0.2, 0.25) is 5.02 Å². The topological polar surface area (TPSA) is 63.6 Å². The summed E-state index contributed by atoms with van der Waals surface area (Å²) in [7, 11) is -1.79. The van der Waals surface area contributed by atoms with Crippen LogP contribution >= 0.6 is 11.6 Å². The van der Waals surface area contributed by atoms with Crippen molar-refractivity contribution in [2.75, 3.05) is 19.5 Å². The first-order valence-corrected chi connectivity index (χ1v) is 6.82. The molecule has 0 fully saturated rings. The number of ether oxygens (including phenoxy) is 1. The van der Waals surface area contributed by atoms with Gasteiger partial charge in [-0.3, -0.25) is 0 Å². The van der Waals surface area contributed by atoms with E-state index in [0.717, 1.165) is 0 Å². The third-order valence-corrected chi connectivity index (χ3v) is 3.95. The molecular weight excluding hydrogens is 252 g/mol. The molecule has 1 rings (SSSR count). The van der Waals surface area contributed by atoms with Crippen molar-refractivity contribution in [3.8, 4) is 5.75 Å². The molecule has 1 N–H and O–H groups in total. The molecule has 6 heteroatoms. The minimum atomic E-state index is -3.30. The summed E-state index contributed by atoms with van der Waals surface area (Å²) in [5, 5.41) is 8.95. The highest BCUT2D eigenvalue weighted by atomic mass is 35.5. The second-order valence-electron chi connectivity index (χ2n) is 3.27. The van der Waals surface area contributed by atoms with Crippen LogP contribution in [0.5, 0.6) is 5.75 Å². The summed E-state index contributed by atoms with van der Waals surface area (Å²) < 4.78 is 27.9. The quantitative estimate of drug-likeness (QED) is 0.870. The molecule has 0 saturated carbocycles. The maximum atomic E-state index is 11.5. The summed E-state index contributed by atoms with van der Waals surface area (Å²) in [6.07, 6.45) is 0. The molecule has 0 atom stereocenters. The lowest BCUT2D eigenvalue weighted by molar-refractivity contribution is 0.319. The van der Waals surface area contributed by atoms with Gasteiger partial charge in [0.2, 0.25) is 0 Å². The SMILES string of the molecule is COc1ccc(CS(=O)(=O)CCO)c(Cl)c1. The molecule has 0 aliphatic carbocycles. The Hall–Kier alpha value is -0.780. The zero-order chi connectivity index (χ0) is 12.2. The number of hydrogen-bond donors (Lipinski definition) is 1. The van der Waals surface area contributed by atoms with Gasteiger partial charge in [0.15, 0.2) is 9.84 Å². The van der Waals surface area contributed by atoms with Gasteiger partial charge in [-0.2, -0.15) is 0 Å². The molecule has 1 aromatic rings. The van der Waals surface area contributed by atoms with E-state index < -0.39 is 9.84 Å². The van der Waals surface area contributed by atoms with Gasteiger partial charge in [0, 0.05) is 5.02 Å². The molecule has 0 saturated heterocycles. The summed E-state index contributed by atoms with van der Waals surface area (Å²) in [4.78, 5) is 0. The first-order chi connectivity index (χ1) is 7.48. The lowest BCUT2D eigenvalue weighted by Gasteiger charge is -2.07. The van der Waals surface area contributed by atoms with Crippen LogP contribution in [-0.2, 0) is 15.6 Å². The predicted molar refractivity (Wildman–Crippen MR) is 62.6 cm³/mol. The van der Waals surface area contributed by atoms with Crippen molar-refractivity contribution in [2.24, 2.45) is 0 Å². The van der Waals surface area contributed by atoms with Crippen LogP contribution in [-0.4, -0.2) is 33.0 Å². The van der Waals surface area contributed by atoms with Gasteiger partial charge in [0.25, 0.3) is 0 Å². The minimum Gasteiger partial charge on any atom is -0.497 e. The van der Waals surface area contributed by atoms with E-state index >= 15 is 0 Å². The molecule has 0 bridgehead atoms. The summed E-state index contributed by atoms with van der Waals surface area (Å²) in [5.41, 5.74) is 0.510. The van der Waals surface area contributed by atoms with Crippen molar-refractivity contribution in [2.45, 2.75) is 5.75 Å². The number of benzene rings is 1. The molecular formula is C10H13ClO4S. The lowest BCUT2D eigenvalue weighted by Crippen LogP contribution is -2.12. The predicted octanol–water partition coefficient (Wildman–Crippen LogP) is 1.26. The van der Waals surface area contributed by atoms with E-state index in [1.54, 1.807) is 18.2 Å². The summed E-state index contributed by atoms with van der Waals surface area (Å²) in [5.74, 6) is 0.152. The van der Waals surface area contributed by atoms with Gasteiger partial charge in [-0.05, 0) is 17.7 Å². The van der Waals surface area contributed by atoms with Crippen molar-refractivity contribution in [3.63, 3.8) is 0 Å². The Kier molecular flexibility index (Phi) is 4.58. The highest BCUT2D eigenvalue weighted by Gasteiger charge is 2.13. The molecule has 0 amide bonds. The van der Waals surface area contributed by atoms with E-state index in [-0.39, 0.29) is 18.1 Å². The van der Waals surface area contributed by atoms with Crippen LogP contribution in [0, 0.1) is 0 Å². The highest BCUT2D eigenvalue weighted by molar-refractivity contribution is 7.90. The van der Waals surface area contributed by atoms with Gasteiger partial charge >= 0.3 is 0 Å². The average Bonchev–Trinajstić information content (AvgIpc) is 2.20. The van der Waals surface area contributed by atoms with Gasteiger partial charge in [-0.1, -0.05) is 17.7 Å². The number of rotatable bonds is 5. The monoisotopic (exact) mass is 264 g/mol. The number of halogens is 1. The van der Waals surface area contributed by atoms with Crippen molar-refractivity contribution in [1.29, 1.82) is 0 Å². The summed E-state index contributed by atoms with van der Waals surface area (Å²) >= 11 is 5.91. The Balaban J connectivity index is 2.90. The summed E-state index contributed by atoms with van der Waals surface area (Å²) in [6.45, 7) is -0.379. The smallest absolute Gasteiger partial charge is 0.156 e. The third kappa shape index (κ3) is 3.66. The Morgan fingerprint density at radius 1 is 1.44 bits per heavy atom. The zero-order valence-electron chi connectivity index (χ0n) is 8.81. The number of aliphatic hydroxyl groups excluding tert-OH is 1. The Morgan fingerprint density at radius 3 is 2.62 bits per heavy atom. The van der Waals surface area contributed by atoms with Crippen LogP contribution < -0.4 is 4.74 Å². The number of methoxy groups -OCH3 is 1. The highest BCUT2D eigenvalue weighted by Crippen LogP contribution is 2.24. The Bertz CT molecular complexity index is 456. The zero-order valence-corrected chi connectivity index (χ0v) is 10.4. The van der Waals surface area contributed by atoms with E-state index in [4.69, 9.17) is 21.4 Å². The van der Waals surface area contributed by atoms with E-state index in [0.29, 0.717) is 16.3 Å². The number of sulfone groups is 1.